The van der Waals surface area contributed by atoms with Crippen molar-refractivity contribution in [2.45, 2.75) is 32.5 Å². The minimum absolute atomic E-state index is 0.0731. The van der Waals surface area contributed by atoms with E-state index in [0.717, 1.165) is 16.3 Å². The molecule has 2 aromatic rings. The molecule has 1 N–H and O–H groups in total. The van der Waals surface area contributed by atoms with Gasteiger partial charge >= 0.3 is 6.18 Å². The smallest absolute Gasteiger partial charge is 0.390 e. The van der Waals surface area contributed by atoms with Crippen molar-refractivity contribution in [2.75, 3.05) is 0 Å². The highest BCUT2D eigenvalue weighted by Gasteiger charge is 2.34. The molecule has 0 aliphatic rings. The highest BCUT2D eigenvalue weighted by Crippen LogP contribution is 2.34. The quantitative estimate of drug-likeness (QED) is 0.936. The van der Waals surface area contributed by atoms with Crippen molar-refractivity contribution in [1.82, 2.24) is 9.78 Å². The summed E-state index contributed by atoms with van der Waals surface area (Å²) in [5, 5.41) is 13.5. The Labute approximate surface area is 114 Å². The molecule has 0 saturated carbocycles. The zero-order valence-corrected chi connectivity index (χ0v) is 11.1. The molecule has 0 fully saturated rings. The molecule has 0 atom stereocenters. The van der Waals surface area contributed by atoms with E-state index in [0.29, 0.717) is 5.69 Å². The van der Waals surface area contributed by atoms with Crippen LogP contribution < -0.4 is 0 Å². The Morgan fingerprint density at radius 1 is 1.25 bits per heavy atom. The summed E-state index contributed by atoms with van der Waals surface area (Å²) < 4.78 is 40.3. The molecule has 2 rings (SSSR count). The Kier molecular flexibility index (Phi) is 3.85. The summed E-state index contributed by atoms with van der Waals surface area (Å²) in [5.74, 6) is 0.0731. The van der Waals surface area contributed by atoms with Gasteiger partial charge in [0.2, 0.25) is 0 Å². The lowest BCUT2D eigenvalue weighted by Gasteiger charge is -2.15. The van der Waals surface area contributed by atoms with Gasteiger partial charge in [0.1, 0.15) is 0 Å². The highest BCUT2D eigenvalue weighted by atomic mass is 19.4. The SMILES string of the molecule is CC(C)c1cnn(-c2ccccc2C(F)(F)F)c1CO. The predicted octanol–water partition coefficient (Wildman–Crippen LogP) is 3.51. The number of aromatic nitrogens is 2. The maximum absolute atomic E-state index is 13.0. The summed E-state index contributed by atoms with van der Waals surface area (Å²) in [6.45, 7) is 3.44. The Hall–Kier alpha value is -1.82. The van der Waals surface area contributed by atoms with Gasteiger partial charge in [-0.1, -0.05) is 26.0 Å². The third-order valence-corrected chi connectivity index (χ3v) is 3.11. The standard InChI is InChI=1S/C14H15F3N2O/c1-9(2)10-7-18-19(13(10)8-20)12-6-4-3-5-11(12)14(15,16)17/h3-7,9,20H,8H2,1-2H3. The average molecular weight is 284 g/mol. The fourth-order valence-corrected chi connectivity index (χ4v) is 2.13. The van der Waals surface area contributed by atoms with E-state index in [1.54, 1.807) is 0 Å². The third-order valence-electron chi connectivity index (χ3n) is 3.11. The Morgan fingerprint density at radius 2 is 1.90 bits per heavy atom. The van der Waals surface area contributed by atoms with Crippen molar-refractivity contribution >= 4 is 0 Å². The lowest BCUT2D eigenvalue weighted by Crippen LogP contribution is -2.13. The monoisotopic (exact) mass is 284 g/mol. The molecule has 0 bridgehead atoms. The molecule has 108 valence electrons. The van der Waals surface area contributed by atoms with Crippen LogP contribution in [0.15, 0.2) is 30.5 Å². The van der Waals surface area contributed by atoms with E-state index in [1.165, 1.54) is 24.4 Å². The summed E-state index contributed by atoms with van der Waals surface area (Å²) in [6.07, 6.45) is -2.96. The number of benzene rings is 1. The number of nitrogens with zero attached hydrogens (tertiary/aromatic N) is 2. The molecule has 0 unspecified atom stereocenters. The minimum atomic E-state index is -4.47. The second-order valence-electron chi connectivity index (χ2n) is 4.79. The minimum Gasteiger partial charge on any atom is -0.390 e. The topological polar surface area (TPSA) is 38.0 Å². The molecule has 1 aromatic carbocycles. The van der Waals surface area contributed by atoms with Crippen LogP contribution in [0.4, 0.5) is 13.2 Å². The number of para-hydroxylation sites is 1. The van der Waals surface area contributed by atoms with E-state index in [-0.39, 0.29) is 18.2 Å². The van der Waals surface area contributed by atoms with Crippen molar-refractivity contribution in [3.63, 3.8) is 0 Å². The van der Waals surface area contributed by atoms with Crippen LogP contribution >= 0.6 is 0 Å². The zero-order valence-electron chi connectivity index (χ0n) is 11.1. The van der Waals surface area contributed by atoms with Crippen molar-refractivity contribution in [2.24, 2.45) is 0 Å². The molecule has 0 radical (unpaired) electrons. The third kappa shape index (κ3) is 2.56. The van der Waals surface area contributed by atoms with Crippen molar-refractivity contribution in [3.8, 4) is 5.69 Å². The summed E-state index contributed by atoms with van der Waals surface area (Å²) in [6, 6.07) is 5.20. The molecule has 6 heteroatoms. The largest absolute Gasteiger partial charge is 0.418 e. The van der Waals surface area contributed by atoms with Gasteiger partial charge in [-0.15, -0.1) is 0 Å². The molecule has 0 saturated heterocycles. The van der Waals surface area contributed by atoms with E-state index < -0.39 is 11.7 Å². The van der Waals surface area contributed by atoms with Crippen LogP contribution in [-0.2, 0) is 12.8 Å². The fourth-order valence-electron chi connectivity index (χ4n) is 2.13. The first kappa shape index (κ1) is 14.6. The predicted molar refractivity (Wildman–Crippen MR) is 68.6 cm³/mol. The van der Waals surface area contributed by atoms with Crippen LogP contribution in [0.5, 0.6) is 0 Å². The first-order chi connectivity index (χ1) is 9.36. The average Bonchev–Trinajstić information content (AvgIpc) is 2.81. The van der Waals surface area contributed by atoms with Crippen LogP contribution in [0.3, 0.4) is 0 Å². The van der Waals surface area contributed by atoms with E-state index in [1.807, 2.05) is 13.8 Å². The number of alkyl halides is 3. The normalized spacial score (nSPS) is 12.2. The molecule has 0 spiro atoms. The van der Waals surface area contributed by atoms with E-state index in [9.17, 15) is 18.3 Å². The van der Waals surface area contributed by atoms with Gasteiger partial charge < -0.3 is 5.11 Å². The molecule has 0 aliphatic heterocycles. The molecule has 0 aliphatic carbocycles. The lowest BCUT2D eigenvalue weighted by atomic mass is 10.0. The summed E-state index contributed by atoms with van der Waals surface area (Å²) in [5.41, 5.74) is 0.283. The molecule has 1 aromatic heterocycles. The van der Waals surface area contributed by atoms with Gasteiger partial charge in [-0.3, -0.25) is 0 Å². The first-order valence-corrected chi connectivity index (χ1v) is 6.20. The first-order valence-electron chi connectivity index (χ1n) is 6.20. The van der Waals surface area contributed by atoms with Gasteiger partial charge in [0.05, 0.1) is 29.7 Å². The van der Waals surface area contributed by atoms with Crippen LogP contribution in [0.25, 0.3) is 5.69 Å². The van der Waals surface area contributed by atoms with Gasteiger partial charge in [-0.2, -0.15) is 18.3 Å². The number of hydrogen-bond acceptors (Lipinski definition) is 2. The Balaban J connectivity index is 2.64. The summed E-state index contributed by atoms with van der Waals surface area (Å²) in [7, 11) is 0. The van der Waals surface area contributed by atoms with Crippen LogP contribution in [0.1, 0.15) is 36.6 Å². The second kappa shape index (κ2) is 5.28. The number of aliphatic hydroxyl groups excluding tert-OH is 1. The number of halogens is 3. The number of rotatable bonds is 3. The Bertz CT molecular complexity index is 603. The Morgan fingerprint density at radius 3 is 2.45 bits per heavy atom. The molecule has 1 heterocycles. The molecular formula is C14H15F3N2O. The summed E-state index contributed by atoms with van der Waals surface area (Å²) in [4.78, 5) is 0. The van der Waals surface area contributed by atoms with Gasteiger partial charge in [-0.25, -0.2) is 4.68 Å². The van der Waals surface area contributed by atoms with Gasteiger partial charge in [0.15, 0.2) is 0 Å². The fraction of sp³-hybridized carbons (Fsp3) is 0.357. The van der Waals surface area contributed by atoms with Crippen LogP contribution in [-0.4, -0.2) is 14.9 Å². The maximum atomic E-state index is 13.0. The maximum Gasteiger partial charge on any atom is 0.418 e. The van der Waals surface area contributed by atoms with E-state index >= 15 is 0 Å². The molecular weight excluding hydrogens is 269 g/mol. The van der Waals surface area contributed by atoms with E-state index in [4.69, 9.17) is 0 Å². The second-order valence-corrected chi connectivity index (χ2v) is 4.79. The van der Waals surface area contributed by atoms with Crippen molar-refractivity contribution in [1.29, 1.82) is 0 Å². The van der Waals surface area contributed by atoms with E-state index in [2.05, 4.69) is 5.10 Å². The van der Waals surface area contributed by atoms with Crippen LogP contribution in [0.2, 0.25) is 0 Å². The van der Waals surface area contributed by atoms with Crippen molar-refractivity contribution < 1.29 is 18.3 Å². The zero-order chi connectivity index (χ0) is 14.9. The van der Waals surface area contributed by atoms with Crippen LogP contribution in [0, 0.1) is 0 Å². The molecule has 0 amide bonds. The highest BCUT2D eigenvalue weighted by molar-refractivity contribution is 5.44. The van der Waals surface area contributed by atoms with Crippen molar-refractivity contribution in [3.05, 3.63) is 47.3 Å². The number of aliphatic hydroxyl groups is 1. The molecule has 20 heavy (non-hydrogen) atoms. The summed E-state index contributed by atoms with van der Waals surface area (Å²) >= 11 is 0. The lowest BCUT2D eigenvalue weighted by molar-refractivity contribution is -0.137. The van der Waals surface area contributed by atoms with Gasteiger partial charge in [0, 0.05) is 0 Å². The van der Waals surface area contributed by atoms with Gasteiger partial charge in [0.25, 0.3) is 0 Å². The number of hydrogen-bond donors (Lipinski definition) is 1. The van der Waals surface area contributed by atoms with Gasteiger partial charge in [-0.05, 0) is 23.6 Å². The molecule has 3 nitrogen and oxygen atoms in total.